The predicted molar refractivity (Wildman–Crippen MR) is 64.2 cm³/mol. The lowest BCUT2D eigenvalue weighted by Gasteiger charge is -2.36. The van der Waals surface area contributed by atoms with E-state index in [2.05, 4.69) is 31.0 Å². The smallest absolute Gasteiger partial charge is 0.0852 e. The Bertz CT molecular complexity index is 158. The van der Waals surface area contributed by atoms with Crippen molar-refractivity contribution in [2.24, 2.45) is 0 Å². The van der Waals surface area contributed by atoms with Crippen LogP contribution in [0.4, 0.5) is 0 Å². The van der Waals surface area contributed by atoms with Crippen LogP contribution in [0.15, 0.2) is 0 Å². The molecule has 2 unspecified atom stereocenters. The maximum atomic E-state index is 5.80. The number of ether oxygens (including phenoxy) is 1. The molecule has 0 aromatic rings. The van der Waals surface area contributed by atoms with Gasteiger partial charge in [0.05, 0.1) is 12.7 Å². The molecule has 1 saturated heterocycles. The van der Waals surface area contributed by atoms with E-state index in [0.29, 0.717) is 12.1 Å². The molecule has 0 bridgehead atoms. The maximum Gasteiger partial charge on any atom is 0.0852 e. The summed E-state index contributed by atoms with van der Waals surface area (Å²) in [5.41, 5.74) is 0. The first-order chi connectivity index (χ1) is 7.29. The molecule has 0 aliphatic carbocycles. The summed E-state index contributed by atoms with van der Waals surface area (Å²) >= 11 is 0. The molecule has 0 aromatic carbocycles. The summed E-state index contributed by atoms with van der Waals surface area (Å²) in [5.74, 6) is 0. The highest BCUT2D eigenvalue weighted by molar-refractivity contribution is 4.80. The maximum absolute atomic E-state index is 5.80. The third-order valence-electron chi connectivity index (χ3n) is 3.28. The first-order valence-corrected chi connectivity index (χ1v) is 6.36. The fourth-order valence-electron chi connectivity index (χ4n) is 2.14. The van der Waals surface area contributed by atoms with E-state index in [-0.39, 0.29) is 0 Å². The first kappa shape index (κ1) is 12.9. The molecule has 15 heavy (non-hydrogen) atoms. The molecule has 0 saturated carbocycles. The first-order valence-electron chi connectivity index (χ1n) is 6.36. The highest BCUT2D eigenvalue weighted by Gasteiger charge is 2.24. The van der Waals surface area contributed by atoms with Crippen molar-refractivity contribution in [3.8, 4) is 0 Å². The molecule has 3 heteroatoms. The van der Waals surface area contributed by atoms with Crippen molar-refractivity contribution in [2.45, 2.75) is 45.8 Å². The van der Waals surface area contributed by atoms with Gasteiger partial charge in [0.15, 0.2) is 0 Å². The third kappa shape index (κ3) is 4.09. The van der Waals surface area contributed by atoms with Crippen molar-refractivity contribution < 1.29 is 4.74 Å². The van der Waals surface area contributed by atoms with Gasteiger partial charge in [0.1, 0.15) is 0 Å². The minimum Gasteiger partial charge on any atom is -0.374 e. The largest absolute Gasteiger partial charge is 0.374 e. The van der Waals surface area contributed by atoms with E-state index < -0.39 is 0 Å². The average molecular weight is 214 g/mol. The number of morpholine rings is 1. The van der Waals surface area contributed by atoms with Gasteiger partial charge in [-0.2, -0.15) is 0 Å². The van der Waals surface area contributed by atoms with Gasteiger partial charge in [-0.1, -0.05) is 20.3 Å². The van der Waals surface area contributed by atoms with E-state index in [4.69, 9.17) is 4.74 Å². The van der Waals surface area contributed by atoms with Gasteiger partial charge in [-0.05, 0) is 26.4 Å². The molecule has 1 N–H and O–H groups in total. The summed E-state index contributed by atoms with van der Waals surface area (Å²) in [6.45, 7) is 12.0. The van der Waals surface area contributed by atoms with Gasteiger partial charge in [0.2, 0.25) is 0 Å². The Morgan fingerprint density at radius 2 is 2.27 bits per heavy atom. The van der Waals surface area contributed by atoms with Crippen molar-refractivity contribution in [2.75, 3.05) is 32.8 Å². The number of likely N-dealkylation sites (N-methyl/N-ethyl adjacent to an activating group) is 1. The lowest BCUT2D eigenvalue weighted by atomic mass is 10.1. The molecule has 1 rings (SSSR count). The van der Waals surface area contributed by atoms with Gasteiger partial charge in [-0.25, -0.2) is 0 Å². The van der Waals surface area contributed by atoms with Crippen LogP contribution in [0.2, 0.25) is 0 Å². The van der Waals surface area contributed by atoms with E-state index in [0.717, 1.165) is 26.2 Å². The van der Waals surface area contributed by atoms with Crippen molar-refractivity contribution >= 4 is 0 Å². The fraction of sp³-hybridized carbons (Fsp3) is 1.00. The van der Waals surface area contributed by atoms with E-state index >= 15 is 0 Å². The molecule has 1 fully saturated rings. The van der Waals surface area contributed by atoms with Crippen LogP contribution in [0, 0.1) is 0 Å². The van der Waals surface area contributed by atoms with Crippen LogP contribution in [0.25, 0.3) is 0 Å². The zero-order chi connectivity index (χ0) is 11.1. The molecule has 0 radical (unpaired) electrons. The van der Waals surface area contributed by atoms with Crippen LogP contribution in [0.1, 0.15) is 33.6 Å². The fourth-order valence-corrected chi connectivity index (χ4v) is 2.14. The van der Waals surface area contributed by atoms with Crippen molar-refractivity contribution in [1.29, 1.82) is 0 Å². The number of unbranched alkanes of at least 4 members (excludes halogenated alkanes) is 1. The molecule has 1 aliphatic rings. The number of rotatable bonds is 6. The minimum atomic E-state index is 0.371. The summed E-state index contributed by atoms with van der Waals surface area (Å²) < 4.78 is 5.80. The highest BCUT2D eigenvalue weighted by Crippen LogP contribution is 2.10. The molecule has 1 heterocycles. The van der Waals surface area contributed by atoms with Crippen LogP contribution >= 0.6 is 0 Å². The topological polar surface area (TPSA) is 24.5 Å². The third-order valence-corrected chi connectivity index (χ3v) is 3.28. The Kier molecular flexibility index (Phi) is 6.22. The molecule has 0 amide bonds. The van der Waals surface area contributed by atoms with Crippen LogP contribution in [-0.2, 0) is 4.74 Å². The van der Waals surface area contributed by atoms with Crippen molar-refractivity contribution in [3.05, 3.63) is 0 Å². The highest BCUT2D eigenvalue weighted by atomic mass is 16.5. The SMILES string of the molecule is CCCCN(CC)C(C)C1CNCCO1. The van der Waals surface area contributed by atoms with Crippen LogP contribution < -0.4 is 5.32 Å². The van der Waals surface area contributed by atoms with E-state index in [1.165, 1.54) is 19.4 Å². The molecule has 90 valence electrons. The quantitative estimate of drug-likeness (QED) is 0.725. The standard InChI is InChI=1S/C12H26N2O/c1-4-6-8-14(5-2)11(3)12-10-13-7-9-15-12/h11-13H,4-10H2,1-3H3. The zero-order valence-corrected chi connectivity index (χ0v) is 10.5. The second-order valence-electron chi connectivity index (χ2n) is 4.34. The molecule has 3 nitrogen and oxygen atoms in total. The van der Waals surface area contributed by atoms with Gasteiger partial charge >= 0.3 is 0 Å². The van der Waals surface area contributed by atoms with Gasteiger partial charge in [0.25, 0.3) is 0 Å². The van der Waals surface area contributed by atoms with Gasteiger partial charge in [0, 0.05) is 19.1 Å². The summed E-state index contributed by atoms with van der Waals surface area (Å²) in [6, 6.07) is 0.536. The number of nitrogens with zero attached hydrogens (tertiary/aromatic N) is 1. The Labute approximate surface area is 94.2 Å². The normalized spacial score (nSPS) is 24.4. The average Bonchev–Trinajstić information content (AvgIpc) is 2.31. The second kappa shape index (κ2) is 7.20. The number of nitrogens with one attached hydrogen (secondary N) is 1. The van der Waals surface area contributed by atoms with Gasteiger partial charge in [-0.15, -0.1) is 0 Å². The molecule has 2 atom stereocenters. The molecule has 0 spiro atoms. The zero-order valence-electron chi connectivity index (χ0n) is 10.5. The number of hydrogen-bond acceptors (Lipinski definition) is 3. The van der Waals surface area contributed by atoms with Gasteiger partial charge in [-0.3, -0.25) is 4.90 Å². The Morgan fingerprint density at radius 3 is 2.80 bits per heavy atom. The van der Waals surface area contributed by atoms with Crippen LogP contribution in [0.3, 0.4) is 0 Å². The summed E-state index contributed by atoms with van der Waals surface area (Å²) in [4.78, 5) is 2.53. The lowest BCUT2D eigenvalue weighted by Crippen LogP contribution is -2.51. The molecular formula is C12H26N2O. The van der Waals surface area contributed by atoms with Crippen LogP contribution in [0.5, 0.6) is 0 Å². The lowest BCUT2D eigenvalue weighted by molar-refractivity contribution is -0.0252. The van der Waals surface area contributed by atoms with E-state index in [1.54, 1.807) is 0 Å². The monoisotopic (exact) mass is 214 g/mol. The Morgan fingerprint density at radius 1 is 1.47 bits per heavy atom. The van der Waals surface area contributed by atoms with Crippen molar-refractivity contribution in [1.82, 2.24) is 10.2 Å². The minimum absolute atomic E-state index is 0.371. The van der Waals surface area contributed by atoms with Crippen molar-refractivity contribution in [3.63, 3.8) is 0 Å². The Balaban J connectivity index is 2.36. The summed E-state index contributed by atoms with van der Waals surface area (Å²) in [6.07, 6.45) is 2.93. The molecule has 1 aliphatic heterocycles. The van der Waals surface area contributed by atoms with Gasteiger partial charge < -0.3 is 10.1 Å². The Hall–Kier alpha value is -0.120. The summed E-state index contributed by atoms with van der Waals surface area (Å²) in [7, 11) is 0. The summed E-state index contributed by atoms with van der Waals surface area (Å²) in [5, 5.41) is 3.40. The molecule has 0 aromatic heterocycles. The van der Waals surface area contributed by atoms with E-state index in [1.807, 2.05) is 0 Å². The predicted octanol–water partition coefficient (Wildman–Crippen LogP) is 1.49. The molecular weight excluding hydrogens is 188 g/mol. The van der Waals surface area contributed by atoms with E-state index in [9.17, 15) is 0 Å². The number of hydrogen-bond donors (Lipinski definition) is 1. The second-order valence-corrected chi connectivity index (χ2v) is 4.34. The van der Waals surface area contributed by atoms with Crippen LogP contribution in [-0.4, -0.2) is 49.8 Å².